The molecular formula is C19H21N5O. The van der Waals surface area contributed by atoms with Gasteiger partial charge in [0.2, 0.25) is 0 Å². The summed E-state index contributed by atoms with van der Waals surface area (Å²) in [6.45, 7) is 4.01. The van der Waals surface area contributed by atoms with E-state index in [2.05, 4.69) is 27.6 Å². The molecule has 0 bridgehead atoms. The Kier molecular flexibility index (Phi) is 4.19. The van der Waals surface area contributed by atoms with Gasteiger partial charge in [-0.05, 0) is 24.3 Å². The summed E-state index contributed by atoms with van der Waals surface area (Å²) in [5.41, 5.74) is 2.90. The highest BCUT2D eigenvalue weighted by Crippen LogP contribution is 2.16. The van der Waals surface area contributed by atoms with Crippen LogP contribution in [0.2, 0.25) is 0 Å². The molecule has 6 nitrogen and oxygen atoms in total. The molecule has 0 aliphatic carbocycles. The molecule has 1 fully saturated rings. The van der Waals surface area contributed by atoms with Gasteiger partial charge >= 0.3 is 0 Å². The highest BCUT2D eigenvalue weighted by atomic mass is 16.2. The largest absolute Gasteiger partial charge is 0.336 e. The van der Waals surface area contributed by atoms with E-state index in [0.29, 0.717) is 5.56 Å². The molecule has 25 heavy (non-hydrogen) atoms. The molecule has 3 heterocycles. The second-order valence-corrected chi connectivity index (χ2v) is 6.38. The minimum Gasteiger partial charge on any atom is -0.336 e. The number of hydrogen-bond acceptors (Lipinski definition) is 4. The van der Waals surface area contributed by atoms with Crippen LogP contribution in [0.25, 0.3) is 11.0 Å². The van der Waals surface area contributed by atoms with Crippen molar-refractivity contribution < 1.29 is 4.79 Å². The standard InChI is InChI=1S/C19H21N5O/c1-22-17-5-3-2-4-16(17)21-18(22)14-23-10-12-24(13-11-23)19(25)15-6-8-20-9-7-15/h2-9H,10-14H2,1H3. The van der Waals surface area contributed by atoms with E-state index >= 15 is 0 Å². The number of rotatable bonds is 3. The smallest absolute Gasteiger partial charge is 0.254 e. The monoisotopic (exact) mass is 335 g/mol. The van der Waals surface area contributed by atoms with E-state index in [4.69, 9.17) is 4.98 Å². The van der Waals surface area contributed by atoms with Crippen LogP contribution in [-0.4, -0.2) is 56.4 Å². The number of hydrogen-bond donors (Lipinski definition) is 0. The first-order valence-electron chi connectivity index (χ1n) is 8.54. The minimum absolute atomic E-state index is 0.0878. The van der Waals surface area contributed by atoms with E-state index in [1.807, 2.05) is 23.1 Å². The highest BCUT2D eigenvalue weighted by Gasteiger charge is 2.23. The maximum absolute atomic E-state index is 12.5. The van der Waals surface area contributed by atoms with Crippen LogP contribution < -0.4 is 0 Å². The van der Waals surface area contributed by atoms with E-state index in [1.54, 1.807) is 24.5 Å². The molecule has 0 spiro atoms. The molecule has 1 aliphatic heterocycles. The van der Waals surface area contributed by atoms with Gasteiger partial charge in [0.1, 0.15) is 5.82 Å². The molecule has 0 unspecified atom stereocenters. The highest BCUT2D eigenvalue weighted by molar-refractivity contribution is 5.94. The average Bonchev–Trinajstić information content (AvgIpc) is 2.98. The molecule has 128 valence electrons. The third-order valence-corrected chi connectivity index (χ3v) is 4.83. The number of nitrogens with zero attached hydrogens (tertiary/aromatic N) is 5. The van der Waals surface area contributed by atoms with Gasteiger partial charge in [-0.1, -0.05) is 12.1 Å². The Morgan fingerprint density at radius 3 is 2.48 bits per heavy atom. The lowest BCUT2D eigenvalue weighted by Crippen LogP contribution is -2.48. The molecule has 1 saturated heterocycles. The summed E-state index contributed by atoms with van der Waals surface area (Å²) in [6.07, 6.45) is 3.32. The van der Waals surface area contributed by atoms with Gasteiger partial charge in [-0.25, -0.2) is 4.98 Å². The van der Waals surface area contributed by atoms with Crippen molar-refractivity contribution in [1.29, 1.82) is 0 Å². The van der Waals surface area contributed by atoms with Gasteiger partial charge in [-0.3, -0.25) is 14.7 Å². The number of aromatic nitrogens is 3. The third kappa shape index (κ3) is 3.13. The number of fused-ring (bicyclic) bond motifs is 1. The Morgan fingerprint density at radius 2 is 1.76 bits per heavy atom. The first kappa shape index (κ1) is 15.8. The quantitative estimate of drug-likeness (QED) is 0.734. The molecule has 2 aromatic heterocycles. The fourth-order valence-electron chi connectivity index (χ4n) is 3.32. The fourth-order valence-corrected chi connectivity index (χ4v) is 3.32. The van der Waals surface area contributed by atoms with Crippen molar-refractivity contribution in [3.8, 4) is 0 Å². The Balaban J connectivity index is 1.40. The van der Waals surface area contributed by atoms with E-state index in [1.165, 1.54) is 0 Å². The van der Waals surface area contributed by atoms with Gasteiger partial charge in [-0.15, -0.1) is 0 Å². The summed E-state index contributed by atoms with van der Waals surface area (Å²) < 4.78 is 2.16. The molecule has 1 amide bonds. The van der Waals surface area contributed by atoms with Crippen molar-refractivity contribution in [2.75, 3.05) is 26.2 Å². The van der Waals surface area contributed by atoms with Gasteiger partial charge in [0.05, 0.1) is 17.6 Å². The molecule has 0 atom stereocenters. The van der Waals surface area contributed by atoms with Crippen molar-refractivity contribution in [3.05, 3.63) is 60.2 Å². The van der Waals surface area contributed by atoms with Crippen LogP contribution in [0.1, 0.15) is 16.2 Å². The van der Waals surface area contributed by atoms with Crippen LogP contribution in [0.5, 0.6) is 0 Å². The van der Waals surface area contributed by atoms with Crippen LogP contribution in [-0.2, 0) is 13.6 Å². The van der Waals surface area contributed by atoms with Crippen LogP contribution in [0, 0.1) is 0 Å². The minimum atomic E-state index is 0.0878. The summed E-state index contributed by atoms with van der Waals surface area (Å²) in [5.74, 6) is 1.15. The van der Waals surface area contributed by atoms with Crippen molar-refractivity contribution in [2.24, 2.45) is 7.05 Å². The normalized spacial score (nSPS) is 15.6. The molecule has 3 aromatic rings. The lowest BCUT2D eigenvalue weighted by molar-refractivity contribution is 0.0624. The van der Waals surface area contributed by atoms with Gasteiger partial charge in [-0.2, -0.15) is 0 Å². The summed E-state index contributed by atoms with van der Waals surface area (Å²) in [5, 5.41) is 0. The summed E-state index contributed by atoms with van der Waals surface area (Å²) in [7, 11) is 2.06. The van der Waals surface area contributed by atoms with Gasteiger partial charge in [0, 0.05) is 51.2 Å². The summed E-state index contributed by atoms with van der Waals surface area (Å²) in [4.78, 5) is 25.5. The summed E-state index contributed by atoms with van der Waals surface area (Å²) in [6, 6.07) is 11.7. The van der Waals surface area contributed by atoms with E-state index in [-0.39, 0.29) is 5.91 Å². The maximum Gasteiger partial charge on any atom is 0.254 e. The Labute approximate surface area is 146 Å². The topological polar surface area (TPSA) is 54.3 Å². The zero-order valence-corrected chi connectivity index (χ0v) is 14.3. The summed E-state index contributed by atoms with van der Waals surface area (Å²) >= 11 is 0. The second-order valence-electron chi connectivity index (χ2n) is 6.38. The van der Waals surface area contributed by atoms with Crippen molar-refractivity contribution in [2.45, 2.75) is 6.54 Å². The van der Waals surface area contributed by atoms with Crippen LogP contribution in [0.15, 0.2) is 48.8 Å². The SMILES string of the molecule is Cn1c(CN2CCN(C(=O)c3ccncc3)CC2)nc2ccccc21. The molecule has 6 heteroatoms. The molecule has 1 aromatic carbocycles. The van der Waals surface area contributed by atoms with Crippen LogP contribution >= 0.6 is 0 Å². The molecule has 0 N–H and O–H groups in total. The molecule has 0 saturated carbocycles. The van der Waals surface area contributed by atoms with Crippen LogP contribution in [0.3, 0.4) is 0 Å². The number of carbonyl (C=O) groups excluding carboxylic acids is 1. The maximum atomic E-state index is 12.5. The number of piperazine rings is 1. The number of benzene rings is 1. The molecule has 0 radical (unpaired) electrons. The van der Waals surface area contributed by atoms with Crippen molar-refractivity contribution in [1.82, 2.24) is 24.3 Å². The van der Waals surface area contributed by atoms with Crippen LogP contribution in [0.4, 0.5) is 0 Å². The average molecular weight is 335 g/mol. The van der Waals surface area contributed by atoms with Gasteiger partial charge in [0.15, 0.2) is 0 Å². The Morgan fingerprint density at radius 1 is 1.04 bits per heavy atom. The van der Waals surface area contributed by atoms with Gasteiger partial charge < -0.3 is 9.47 Å². The van der Waals surface area contributed by atoms with Gasteiger partial charge in [0.25, 0.3) is 5.91 Å². The second kappa shape index (κ2) is 6.64. The van der Waals surface area contributed by atoms with Crippen molar-refractivity contribution in [3.63, 3.8) is 0 Å². The van der Waals surface area contributed by atoms with E-state index < -0.39 is 0 Å². The third-order valence-electron chi connectivity index (χ3n) is 4.83. The Bertz CT molecular complexity index is 881. The fraction of sp³-hybridized carbons (Fsp3) is 0.316. The number of aryl methyl sites for hydroxylation is 1. The number of pyridine rings is 1. The predicted molar refractivity (Wildman–Crippen MR) is 96.1 cm³/mol. The first-order chi connectivity index (χ1) is 12.2. The predicted octanol–water partition coefficient (Wildman–Crippen LogP) is 1.93. The van der Waals surface area contributed by atoms with E-state index in [9.17, 15) is 4.79 Å². The molecule has 1 aliphatic rings. The molecular weight excluding hydrogens is 314 g/mol. The van der Waals surface area contributed by atoms with Crippen molar-refractivity contribution >= 4 is 16.9 Å². The Hall–Kier alpha value is -2.73. The van der Waals surface area contributed by atoms with E-state index in [0.717, 1.165) is 49.6 Å². The molecule has 4 rings (SSSR count). The zero-order valence-electron chi connectivity index (χ0n) is 14.3. The number of imidazole rings is 1. The lowest BCUT2D eigenvalue weighted by Gasteiger charge is -2.34. The number of carbonyl (C=O) groups is 1. The lowest BCUT2D eigenvalue weighted by atomic mass is 10.2. The number of amides is 1. The zero-order chi connectivity index (χ0) is 17.2. The number of para-hydroxylation sites is 2. The first-order valence-corrected chi connectivity index (χ1v) is 8.54.